The molecule has 2 rings (SSSR count). The van der Waals surface area contributed by atoms with Gasteiger partial charge in [-0.25, -0.2) is 0 Å². The van der Waals surface area contributed by atoms with Gasteiger partial charge in [0.15, 0.2) is 0 Å². The zero-order chi connectivity index (χ0) is 9.97. The average Bonchev–Trinajstić information content (AvgIpc) is 2.57. The molecule has 1 aromatic carbocycles. The highest BCUT2D eigenvalue weighted by Gasteiger charge is 2.00. The molecule has 0 unspecified atom stereocenters. The number of fused-ring (bicyclic) bond motifs is 1. The molecule has 0 radical (unpaired) electrons. The van der Waals surface area contributed by atoms with Gasteiger partial charge in [-0.2, -0.15) is 0 Å². The van der Waals surface area contributed by atoms with Crippen LogP contribution in [0.4, 0.5) is 0 Å². The van der Waals surface area contributed by atoms with Crippen molar-refractivity contribution in [1.29, 1.82) is 0 Å². The molecule has 0 bridgehead atoms. The van der Waals surface area contributed by atoms with Crippen molar-refractivity contribution in [2.24, 2.45) is 5.73 Å². The van der Waals surface area contributed by atoms with Crippen LogP contribution < -0.4 is 5.73 Å². The lowest BCUT2D eigenvalue weighted by Gasteiger charge is -1.93. The summed E-state index contributed by atoms with van der Waals surface area (Å²) in [7, 11) is 0. The zero-order valence-corrected chi connectivity index (χ0v) is 8.16. The number of hydrogen-bond acceptors (Lipinski definition) is 2. The molecule has 1 aromatic heterocycles. The van der Waals surface area contributed by atoms with Crippen molar-refractivity contribution in [2.45, 2.75) is 6.92 Å². The fraction of sp³-hybridized carbons (Fsp3) is 0.167. The molecule has 0 aliphatic heterocycles. The largest absolute Gasteiger partial charge is 0.464 e. The van der Waals surface area contributed by atoms with Crippen LogP contribution in [0.5, 0.6) is 0 Å². The van der Waals surface area contributed by atoms with Gasteiger partial charge in [0, 0.05) is 11.9 Å². The molecule has 0 atom stereocenters. The molecule has 2 N–H and O–H groups in total. The second-order valence-electron chi connectivity index (χ2n) is 3.31. The number of hydrogen-bond donors (Lipinski definition) is 1. The van der Waals surface area contributed by atoms with E-state index in [1.807, 2.05) is 25.1 Å². The molecule has 0 saturated heterocycles. The van der Waals surface area contributed by atoms with Gasteiger partial charge in [0.05, 0.1) is 6.26 Å². The van der Waals surface area contributed by atoms with Gasteiger partial charge in [-0.05, 0) is 24.1 Å². The maximum atomic E-state index is 5.40. The number of rotatable bonds is 2. The van der Waals surface area contributed by atoms with E-state index in [2.05, 4.69) is 12.1 Å². The Hall–Kier alpha value is -1.54. The fourth-order valence-corrected chi connectivity index (χ4v) is 1.49. The van der Waals surface area contributed by atoms with E-state index >= 15 is 0 Å². The molecule has 0 aliphatic carbocycles. The minimum atomic E-state index is 0.565. The molecule has 0 fully saturated rings. The van der Waals surface area contributed by atoms with Gasteiger partial charge >= 0.3 is 0 Å². The summed E-state index contributed by atoms with van der Waals surface area (Å²) in [6.45, 7) is 2.61. The Kier molecular flexibility index (Phi) is 2.37. The van der Waals surface area contributed by atoms with Gasteiger partial charge in [-0.15, -0.1) is 0 Å². The molecule has 0 aliphatic rings. The lowest BCUT2D eigenvalue weighted by Crippen LogP contribution is -1.91. The summed E-state index contributed by atoms with van der Waals surface area (Å²) in [4.78, 5) is 0. The Labute approximate surface area is 83.0 Å². The predicted molar refractivity (Wildman–Crippen MR) is 59.0 cm³/mol. The van der Waals surface area contributed by atoms with Gasteiger partial charge in [0.1, 0.15) is 5.58 Å². The summed E-state index contributed by atoms with van der Waals surface area (Å²) in [6.07, 6.45) is 5.70. The van der Waals surface area contributed by atoms with Crippen molar-refractivity contribution < 1.29 is 4.42 Å². The van der Waals surface area contributed by atoms with Gasteiger partial charge in [-0.1, -0.05) is 24.3 Å². The second kappa shape index (κ2) is 3.68. The van der Waals surface area contributed by atoms with Crippen LogP contribution in [0.25, 0.3) is 17.0 Å². The number of nitrogens with two attached hydrogens (primary N) is 1. The van der Waals surface area contributed by atoms with Crippen molar-refractivity contribution in [2.75, 3.05) is 6.54 Å². The molecular formula is C12H13NO. The van der Waals surface area contributed by atoms with Crippen molar-refractivity contribution in [3.8, 4) is 0 Å². The highest BCUT2D eigenvalue weighted by atomic mass is 16.3. The van der Waals surface area contributed by atoms with E-state index in [0.29, 0.717) is 6.54 Å². The first-order chi connectivity index (χ1) is 6.81. The molecular weight excluding hydrogens is 174 g/mol. The summed E-state index contributed by atoms with van der Waals surface area (Å²) in [5.41, 5.74) is 8.61. The topological polar surface area (TPSA) is 39.2 Å². The van der Waals surface area contributed by atoms with Crippen molar-refractivity contribution in [1.82, 2.24) is 0 Å². The molecule has 0 saturated carbocycles. The van der Waals surface area contributed by atoms with Gasteiger partial charge < -0.3 is 10.2 Å². The van der Waals surface area contributed by atoms with Gasteiger partial charge in [0.25, 0.3) is 0 Å². The minimum absolute atomic E-state index is 0.565. The maximum absolute atomic E-state index is 5.40. The van der Waals surface area contributed by atoms with Crippen LogP contribution in [0.1, 0.15) is 11.1 Å². The predicted octanol–water partition coefficient (Wildman–Crippen LogP) is 2.71. The fourth-order valence-electron chi connectivity index (χ4n) is 1.49. The van der Waals surface area contributed by atoms with E-state index in [-0.39, 0.29) is 0 Å². The summed E-state index contributed by atoms with van der Waals surface area (Å²) in [6, 6.07) is 6.16. The summed E-state index contributed by atoms with van der Waals surface area (Å²) >= 11 is 0. The minimum Gasteiger partial charge on any atom is -0.464 e. The molecule has 0 amide bonds. The van der Waals surface area contributed by atoms with Crippen LogP contribution in [-0.2, 0) is 0 Å². The van der Waals surface area contributed by atoms with Crippen LogP contribution in [0.2, 0.25) is 0 Å². The highest BCUT2D eigenvalue weighted by Crippen LogP contribution is 2.21. The molecule has 2 heteroatoms. The average molecular weight is 187 g/mol. The molecule has 14 heavy (non-hydrogen) atoms. The third-order valence-electron chi connectivity index (χ3n) is 2.24. The van der Waals surface area contributed by atoms with Crippen molar-refractivity contribution >= 4 is 17.0 Å². The Bertz CT molecular complexity index is 468. The quantitative estimate of drug-likeness (QED) is 0.785. The Morgan fingerprint density at radius 2 is 2.29 bits per heavy atom. The van der Waals surface area contributed by atoms with Crippen molar-refractivity contribution in [3.63, 3.8) is 0 Å². The lowest BCUT2D eigenvalue weighted by atomic mass is 10.1. The Morgan fingerprint density at radius 3 is 3.07 bits per heavy atom. The smallest absolute Gasteiger partial charge is 0.134 e. The van der Waals surface area contributed by atoms with Crippen LogP contribution in [-0.4, -0.2) is 6.54 Å². The van der Waals surface area contributed by atoms with Crippen molar-refractivity contribution in [3.05, 3.63) is 41.7 Å². The third kappa shape index (κ3) is 1.56. The Balaban J connectivity index is 2.47. The SMILES string of the molecule is Cc1coc2cc(/C=C/CN)ccc12. The van der Waals surface area contributed by atoms with E-state index in [1.54, 1.807) is 6.26 Å². The molecule has 72 valence electrons. The van der Waals surface area contributed by atoms with Crippen LogP contribution in [0.15, 0.2) is 35.0 Å². The normalized spacial score (nSPS) is 11.6. The van der Waals surface area contributed by atoms with Crippen LogP contribution >= 0.6 is 0 Å². The van der Waals surface area contributed by atoms with Crippen LogP contribution in [0, 0.1) is 6.92 Å². The maximum Gasteiger partial charge on any atom is 0.134 e. The number of aryl methyl sites for hydroxylation is 1. The molecule has 1 heterocycles. The summed E-state index contributed by atoms with van der Waals surface area (Å²) in [5, 5.41) is 1.18. The number of furan rings is 1. The highest BCUT2D eigenvalue weighted by molar-refractivity contribution is 5.82. The lowest BCUT2D eigenvalue weighted by molar-refractivity contribution is 0.613. The second-order valence-corrected chi connectivity index (χ2v) is 3.31. The summed E-state index contributed by atoms with van der Waals surface area (Å²) < 4.78 is 5.40. The first-order valence-electron chi connectivity index (χ1n) is 4.66. The zero-order valence-electron chi connectivity index (χ0n) is 8.16. The van der Waals surface area contributed by atoms with E-state index in [1.165, 1.54) is 10.9 Å². The standard InChI is InChI=1S/C12H13NO/c1-9-8-14-12-7-10(3-2-6-13)4-5-11(9)12/h2-5,7-8H,6,13H2,1H3/b3-2+. The van der Waals surface area contributed by atoms with E-state index in [4.69, 9.17) is 10.2 Å². The van der Waals surface area contributed by atoms with Gasteiger partial charge in [0.2, 0.25) is 0 Å². The van der Waals surface area contributed by atoms with E-state index in [9.17, 15) is 0 Å². The Morgan fingerprint density at radius 1 is 1.43 bits per heavy atom. The molecule has 2 aromatic rings. The third-order valence-corrected chi connectivity index (χ3v) is 2.24. The van der Waals surface area contributed by atoms with Gasteiger partial charge in [-0.3, -0.25) is 0 Å². The molecule has 2 nitrogen and oxygen atoms in total. The monoisotopic (exact) mass is 187 g/mol. The summed E-state index contributed by atoms with van der Waals surface area (Å²) in [5.74, 6) is 0. The first-order valence-corrected chi connectivity index (χ1v) is 4.66. The molecule has 0 spiro atoms. The van der Waals surface area contributed by atoms with Crippen LogP contribution in [0.3, 0.4) is 0 Å². The first kappa shape index (κ1) is 9.03. The number of benzene rings is 1. The van der Waals surface area contributed by atoms with E-state index < -0.39 is 0 Å². The van der Waals surface area contributed by atoms with E-state index in [0.717, 1.165) is 11.1 Å².